The number of amides is 1. The summed E-state index contributed by atoms with van der Waals surface area (Å²) in [5.41, 5.74) is -0.451. The van der Waals surface area contributed by atoms with Crippen LogP contribution in [0.4, 0.5) is 4.79 Å². The van der Waals surface area contributed by atoms with E-state index in [1.807, 2.05) is 20.8 Å². The van der Waals surface area contributed by atoms with Crippen molar-refractivity contribution in [3.8, 4) is 0 Å². The van der Waals surface area contributed by atoms with Crippen molar-refractivity contribution >= 4 is 12.1 Å². The summed E-state index contributed by atoms with van der Waals surface area (Å²) in [7, 11) is 0. The molecule has 0 saturated heterocycles. The van der Waals surface area contributed by atoms with E-state index in [0.29, 0.717) is 19.6 Å². The van der Waals surface area contributed by atoms with Gasteiger partial charge in [0.25, 0.3) is 0 Å². The summed E-state index contributed by atoms with van der Waals surface area (Å²) in [6.45, 7) is 13.2. The van der Waals surface area contributed by atoms with Gasteiger partial charge in [0, 0.05) is 13.0 Å². The summed E-state index contributed by atoms with van der Waals surface area (Å²) in [6.07, 6.45) is 18.0. The van der Waals surface area contributed by atoms with E-state index >= 15 is 0 Å². The maximum absolute atomic E-state index is 12.0. The highest BCUT2D eigenvalue weighted by Crippen LogP contribution is 2.21. The topological polar surface area (TPSA) is 76.7 Å². The number of carbonyl (C=O) groups is 2. The normalized spacial score (nSPS) is 11.6. The van der Waals surface area contributed by atoms with Crippen LogP contribution in [0.15, 0.2) is 0 Å². The van der Waals surface area contributed by atoms with Gasteiger partial charge in [0.2, 0.25) is 0 Å². The van der Waals surface area contributed by atoms with Crippen molar-refractivity contribution in [3.05, 3.63) is 0 Å². The van der Waals surface area contributed by atoms with Crippen molar-refractivity contribution in [3.63, 3.8) is 0 Å². The van der Waals surface area contributed by atoms with Crippen molar-refractivity contribution in [1.82, 2.24) is 10.6 Å². The predicted molar refractivity (Wildman–Crippen MR) is 147 cm³/mol. The zero-order chi connectivity index (χ0) is 26.2. The minimum absolute atomic E-state index is 0.0208. The van der Waals surface area contributed by atoms with Crippen LogP contribution in [0.5, 0.6) is 0 Å². The first-order valence-corrected chi connectivity index (χ1v) is 14.6. The molecule has 6 nitrogen and oxygen atoms in total. The number of carbonyl (C=O) groups excluding carboxylic acids is 2. The molecule has 0 aliphatic carbocycles. The highest BCUT2D eigenvalue weighted by molar-refractivity contribution is 5.69. The molecular weight excluding hydrogens is 440 g/mol. The fourth-order valence-electron chi connectivity index (χ4n) is 4.10. The van der Waals surface area contributed by atoms with Crippen LogP contribution < -0.4 is 10.6 Å². The van der Waals surface area contributed by atoms with E-state index in [4.69, 9.17) is 9.47 Å². The Bertz CT molecular complexity index is 495. The molecular formula is C29H58N2O4. The lowest BCUT2D eigenvalue weighted by molar-refractivity contribution is -0.144. The fraction of sp³-hybridized carbons (Fsp3) is 0.931. The average molecular weight is 499 g/mol. The Morgan fingerprint density at radius 2 is 1.31 bits per heavy atom. The minimum atomic E-state index is -0.451. The van der Waals surface area contributed by atoms with Crippen LogP contribution in [-0.2, 0) is 14.3 Å². The molecule has 0 fully saturated rings. The van der Waals surface area contributed by atoms with Gasteiger partial charge in [-0.25, -0.2) is 4.79 Å². The number of unbranched alkanes of at least 4 members (excludes halogenated alkanes) is 8. The van der Waals surface area contributed by atoms with Gasteiger partial charge in [-0.2, -0.15) is 0 Å². The molecule has 0 radical (unpaired) electrons. The van der Waals surface area contributed by atoms with Crippen molar-refractivity contribution in [1.29, 1.82) is 0 Å². The monoisotopic (exact) mass is 498 g/mol. The average Bonchev–Trinajstić information content (AvgIpc) is 2.78. The molecule has 0 spiro atoms. The highest BCUT2D eigenvalue weighted by atomic mass is 16.6. The molecule has 208 valence electrons. The number of esters is 1. The van der Waals surface area contributed by atoms with Crippen molar-refractivity contribution in [2.24, 2.45) is 5.92 Å². The lowest BCUT2D eigenvalue weighted by atomic mass is 9.92. The third kappa shape index (κ3) is 25.6. The summed E-state index contributed by atoms with van der Waals surface area (Å²) in [5, 5.41) is 6.19. The number of hydrogen-bond donors (Lipinski definition) is 2. The van der Waals surface area contributed by atoms with Crippen LogP contribution in [0.1, 0.15) is 137 Å². The second-order valence-electron chi connectivity index (χ2n) is 10.9. The van der Waals surface area contributed by atoms with E-state index in [9.17, 15) is 9.59 Å². The standard InChI is InChI=1S/C29H58N2O4/c1-6-8-13-18-26(19-14-9-7-2)21-25-34-27(32)20-15-11-10-12-16-22-30-23-17-24-31-28(33)35-29(3,4)5/h26,30H,6-25H2,1-5H3,(H,31,33). The van der Waals surface area contributed by atoms with E-state index in [-0.39, 0.29) is 12.1 Å². The predicted octanol–water partition coefficient (Wildman–Crippen LogP) is 7.54. The van der Waals surface area contributed by atoms with E-state index in [1.165, 1.54) is 57.8 Å². The highest BCUT2D eigenvalue weighted by Gasteiger charge is 2.15. The molecule has 0 aliphatic heterocycles. The molecule has 0 aromatic carbocycles. The quantitative estimate of drug-likeness (QED) is 0.112. The number of alkyl carbamates (subject to hydrolysis) is 1. The molecule has 0 heterocycles. The van der Waals surface area contributed by atoms with Gasteiger partial charge in [-0.15, -0.1) is 0 Å². The number of nitrogens with one attached hydrogen (secondary N) is 2. The third-order valence-electron chi connectivity index (χ3n) is 6.15. The Hall–Kier alpha value is -1.30. The van der Waals surface area contributed by atoms with E-state index < -0.39 is 5.60 Å². The Morgan fingerprint density at radius 3 is 1.94 bits per heavy atom. The molecule has 0 bridgehead atoms. The van der Waals surface area contributed by atoms with Crippen LogP contribution in [0.2, 0.25) is 0 Å². The zero-order valence-corrected chi connectivity index (χ0v) is 23.9. The first kappa shape index (κ1) is 33.7. The summed E-state index contributed by atoms with van der Waals surface area (Å²) in [4.78, 5) is 23.6. The molecule has 35 heavy (non-hydrogen) atoms. The van der Waals surface area contributed by atoms with Gasteiger partial charge in [-0.1, -0.05) is 84.5 Å². The largest absolute Gasteiger partial charge is 0.466 e. The van der Waals surface area contributed by atoms with Crippen LogP contribution in [0.25, 0.3) is 0 Å². The lowest BCUT2D eigenvalue weighted by Gasteiger charge is -2.19. The molecule has 0 aliphatic rings. The Labute approximate surface area is 217 Å². The second kappa shape index (κ2) is 23.1. The number of rotatable bonds is 23. The summed E-state index contributed by atoms with van der Waals surface area (Å²) >= 11 is 0. The maximum Gasteiger partial charge on any atom is 0.407 e. The molecule has 2 N–H and O–H groups in total. The van der Waals surface area contributed by atoms with Gasteiger partial charge in [0.15, 0.2) is 0 Å². The van der Waals surface area contributed by atoms with Gasteiger partial charge >= 0.3 is 12.1 Å². The molecule has 0 rings (SSSR count). The summed E-state index contributed by atoms with van der Waals surface area (Å²) in [6, 6.07) is 0. The molecule has 6 heteroatoms. The Kier molecular flexibility index (Phi) is 22.3. The van der Waals surface area contributed by atoms with Gasteiger partial charge < -0.3 is 20.1 Å². The van der Waals surface area contributed by atoms with Crippen molar-refractivity contribution in [2.75, 3.05) is 26.2 Å². The van der Waals surface area contributed by atoms with E-state index in [2.05, 4.69) is 24.5 Å². The first-order chi connectivity index (χ1) is 16.8. The van der Waals surface area contributed by atoms with Gasteiger partial charge in [-0.3, -0.25) is 4.79 Å². The molecule has 1 amide bonds. The molecule has 0 atom stereocenters. The lowest BCUT2D eigenvalue weighted by Crippen LogP contribution is -2.34. The zero-order valence-electron chi connectivity index (χ0n) is 23.9. The Balaban J connectivity index is 3.56. The van der Waals surface area contributed by atoms with Crippen LogP contribution >= 0.6 is 0 Å². The van der Waals surface area contributed by atoms with E-state index in [0.717, 1.165) is 57.5 Å². The molecule has 0 saturated carbocycles. The SMILES string of the molecule is CCCCCC(CCCCC)CCOC(=O)CCCCCCCNCCCNC(=O)OC(C)(C)C. The maximum atomic E-state index is 12.0. The van der Waals surface area contributed by atoms with E-state index in [1.54, 1.807) is 0 Å². The smallest absolute Gasteiger partial charge is 0.407 e. The van der Waals surface area contributed by atoms with Crippen molar-refractivity contribution < 1.29 is 19.1 Å². The summed E-state index contributed by atoms with van der Waals surface area (Å²) < 4.78 is 10.7. The van der Waals surface area contributed by atoms with Gasteiger partial charge in [0.1, 0.15) is 5.60 Å². The first-order valence-electron chi connectivity index (χ1n) is 14.6. The van der Waals surface area contributed by atoms with Crippen LogP contribution in [-0.4, -0.2) is 43.9 Å². The second-order valence-corrected chi connectivity index (χ2v) is 10.9. The summed E-state index contributed by atoms with van der Waals surface area (Å²) in [5.74, 6) is 0.697. The minimum Gasteiger partial charge on any atom is -0.466 e. The van der Waals surface area contributed by atoms with Gasteiger partial charge in [-0.05, 0) is 65.5 Å². The van der Waals surface area contributed by atoms with Crippen LogP contribution in [0.3, 0.4) is 0 Å². The third-order valence-corrected chi connectivity index (χ3v) is 6.15. The van der Waals surface area contributed by atoms with Crippen molar-refractivity contribution in [2.45, 2.75) is 143 Å². The molecule has 0 unspecified atom stereocenters. The Morgan fingerprint density at radius 1 is 0.714 bits per heavy atom. The van der Waals surface area contributed by atoms with Gasteiger partial charge in [0.05, 0.1) is 6.61 Å². The molecule has 0 aromatic rings. The number of ether oxygens (including phenoxy) is 2. The van der Waals surface area contributed by atoms with Crippen LogP contribution in [0, 0.1) is 5.92 Å². The fourth-order valence-corrected chi connectivity index (χ4v) is 4.10. The molecule has 0 aromatic heterocycles. The number of hydrogen-bond acceptors (Lipinski definition) is 5.